The minimum atomic E-state index is -0.172. The number of ether oxygens (including phenoxy) is 2. The molecule has 1 saturated heterocycles. The van der Waals surface area contributed by atoms with Gasteiger partial charge >= 0.3 is 5.97 Å². The van der Waals surface area contributed by atoms with Crippen LogP contribution in [0.15, 0.2) is 30.3 Å². The van der Waals surface area contributed by atoms with Crippen molar-refractivity contribution in [2.75, 3.05) is 37.9 Å². The van der Waals surface area contributed by atoms with Gasteiger partial charge in [-0.3, -0.25) is 9.69 Å². The average molecular weight is 267 g/mol. The minimum Gasteiger partial charge on any atom is -0.490 e. The fraction of sp³-hybridized carbons (Fsp3) is 0.462. The van der Waals surface area contributed by atoms with E-state index in [2.05, 4.69) is 4.90 Å². The van der Waals surface area contributed by atoms with Crippen molar-refractivity contribution in [3.8, 4) is 5.75 Å². The first kappa shape index (κ1) is 13.2. The van der Waals surface area contributed by atoms with Gasteiger partial charge in [-0.05, 0) is 12.1 Å². The van der Waals surface area contributed by atoms with Gasteiger partial charge in [0.15, 0.2) is 0 Å². The highest BCUT2D eigenvalue weighted by molar-refractivity contribution is 7.99. The minimum absolute atomic E-state index is 0.172. The number of nitrogens with zero attached hydrogens (tertiary/aromatic N) is 1. The molecule has 1 aromatic rings. The zero-order valence-corrected chi connectivity index (χ0v) is 11.0. The van der Waals surface area contributed by atoms with Gasteiger partial charge in [-0.15, -0.1) is 11.8 Å². The molecule has 0 aliphatic carbocycles. The Bertz CT molecular complexity index is 366. The molecule has 1 aliphatic rings. The summed E-state index contributed by atoms with van der Waals surface area (Å²) in [6, 6.07) is 9.51. The summed E-state index contributed by atoms with van der Waals surface area (Å²) in [5.74, 6) is 2.65. The molecule has 1 heterocycles. The maximum atomic E-state index is 11.5. The maximum Gasteiger partial charge on any atom is 0.320 e. The van der Waals surface area contributed by atoms with Crippen molar-refractivity contribution in [2.24, 2.45) is 0 Å². The van der Waals surface area contributed by atoms with Crippen LogP contribution in [0.1, 0.15) is 0 Å². The zero-order valence-electron chi connectivity index (χ0n) is 10.2. The fourth-order valence-electron chi connectivity index (χ4n) is 1.64. The second-order valence-electron chi connectivity index (χ2n) is 3.97. The molecular formula is C13H17NO3S. The number of carbonyl (C=O) groups is 1. The Balaban J connectivity index is 1.56. The molecule has 1 aromatic carbocycles. The molecule has 0 aromatic heterocycles. The van der Waals surface area contributed by atoms with Gasteiger partial charge in [0.05, 0.1) is 6.54 Å². The van der Waals surface area contributed by atoms with Crippen LogP contribution in [0.5, 0.6) is 5.75 Å². The molecule has 0 unspecified atom stereocenters. The lowest BCUT2D eigenvalue weighted by Gasteiger charge is -2.12. The van der Waals surface area contributed by atoms with Crippen LogP contribution < -0.4 is 4.74 Å². The normalized spacial score (nSPS) is 15.6. The van der Waals surface area contributed by atoms with Gasteiger partial charge in [-0.1, -0.05) is 18.2 Å². The molecule has 0 spiro atoms. The molecule has 0 N–H and O–H groups in total. The van der Waals surface area contributed by atoms with Gasteiger partial charge in [-0.25, -0.2) is 0 Å². The molecule has 0 atom stereocenters. The second kappa shape index (κ2) is 7.28. The summed E-state index contributed by atoms with van der Waals surface area (Å²) < 4.78 is 10.5. The van der Waals surface area contributed by atoms with Crippen molar-refractivity contribution >= 4 is 17.7 Å². The highest BCUT2D eigenvalue weighted by Crippen LogP contribution is 2.12. The summed E-state index contributed by atoms with van der Waals surface area (Å²) in [6.07, 6.45) is 0. The molecule has 1 aliphatic heterocycles. The Morgan fingerprint density at radius 1 is 1.28 bits per heavy atom. The molecule has 0 bridgehead atoms. The van der Waals surface area contributed by atoms with Crippen LogP contribution >= 0.6 is 11.8 Å². The average Bonchev–Trinajstić information content (AvgIpc) is 2.89. The van der Waals surface area contributed by atoms with Crippen LogP contribution in [0.25, 0.3) is 0 Å². The molecule has 0 radical (unpaired) electrons. The third kappa shape index (κ3) is 4.58. The van der Waals surface area contributed by atoms with Crippen LogP contribution in [-0.4, -0.2) is 48.8 Å². The monoisotopic (exact) mass is 267 g/mol. The fourth-order valence-corrected chi connectivity index (χ4v) is 2.63. The summed E-state index contributed by atoms with van der Waals surface area (Å²) in [6.45, 7) is 2.05. The first-order valence-corrected chi connectivity index (χ1v) is 7.13. The van der Waals surface area contributed by atoms with Gasteiger partial charge in [0.2, 0.25) is 0 Å². The SMILES string of the molecule is O=C(CN1CCSC1)OCCOc1ccccc1. The van der Waals surface area contributed by atoms with Crippen molar-refractivity contribution in [1.82, 2.24) is 4.90 Å². The standard InChI is InChI=1S/C13H17NO3S/c15-13(10-14-6-9-18-11-14)17-8-7-16-12-4-2-1-3-5-12/h1-5H,6-11H2. The first-order valence-electron chi connectivity index (χ1n) is 5.98. The summed E-state index contributed by atoms with van der Waals surface area (Å²) >= 11 is 1.84. The molecule has 1 fully saturated rings. The lowest BCUT2D eigenvalue weighted by Crippen LogP contribution is -2.29. The van der Waals surface area contributed by atoms with E-state index in [-0.39, 0.29) is 5.97 Å². The lowest BCUT2D eigenvalue weighted by molar-refractivity contribution is -0.145. The van der Waals surface area contributed by atoms with E-state index in [0.717, 1.165) is 23.9 Å². The third-order valence-electron chi connectivity index (χ3n) is 2.54. The van der Waals surface area contributed by atoms with Crippen LogP contribution in [0.3, 0.4) is 0 Å². The predicted molar refractivity (Wildman–Crippen MR) is 71.8 cm³/mol. The van der Waals surface area contributed by atoms with Crippen LogP contribution in [0.2, 0.25) is 0 Å². The van der Waals surface area contributed by atoms with Crippen molar-refractivity contribution in [3.05, 3.63) is 30.3 Å². The molecule has 0 saturated carbocycles. The van der Waals surface area contributed by atoms with E-state index in [1.807, 2.05) is 42.1 Å². The topological polar surface area (TPSA) is 38.8 Å². The van der Waals surface area contributed by atoms with Crippen molar-refractivity contribution in [2.45, 2.75) is 0 Å². The van der Waals surface area contributed by atoms with Crippen molar-refractivity contribution in [3.63, 3.8) is 0 Å². The van der Waals surface area contributed by atoms with Gasteiger partial charge in [0, 0.05) is 18.2 Å². The lowest BCUT2D eigenvalue weighted by atomic mass is 10.3. The number of carbonyl (C=O) groups excluding carboxylic acids is 1. The van der Waals surface area contributed by atoms with Gasteiger partial charge < -0.3 is 9.47 Å². The summed E-state index contributed by atoms with van der Waals surface area (Å²) in [4.78, 5) is 13.6. The maximum absolute atomic E-state index is 11.5. The molecular weight excluding hydrogens is 250 g/mol. The number of thioether (sulfide) groups is 1. The molecule has 18 heavy (non-hydrogen) atoms. The van der Waals surface area contributed by atoms with Crippen molar-refractivity contribution in [1.29, 1.82) is 0 Å². The number of benzene rings is 1. The Labute approximate surface area is 111 Å². The molecule has 5 heteroatoms. The molecule has 2 rings (SSSR count). The summed E-state index contributed by atoms with van der Waals surface area (Å²) in [5, 5.41) is 0. The van der Waals surface area contributed by atoms with Crippen molar-refractivity contribution < 1.29 is 14.3 Å². The van der Waals surface area contributed by atoms with Gasteiger partial charge in [0.25, 0.3) is 0 Å². The van der Waals surface area contributed by atoms with Crippen LogP contribution in [0, 0.1) is 0 Å². The number of rotatable bonds is 6. The predicted octanol–water partition coefficient (Wildman–Crippen LogP) is 1.61. The van der Waals surface area contributed by atoms with E-state index in [0.29, 0.717) is 19.8 Å². The van der Waals surface area contributed by atoms with E-state index >= 15 is 0 Å². The largest absolute Gasteiger partial charge is 0.490 e. The zero-order chi connectivity index (χ0) is 12.6. The van der Waals surface area contributed by atoms with Gasteiger partial charge in [-0.2, -0.15) is 0 Å². The highest BCUT2D eigenvalue weighted by atomic mass is 32.2. The van der Waals surface area contributed by atoms with E-state index < -0.39 is 0 Å². The quantitative estimate of drug-likeness (QED) is 0.578. The third-order valence-corrected chi connectivity index (χ3v) is 3.56. The van der Waals surface area contributed by atoms with E-state index in [1.54, 1.807) is 0 Å². The summed E-state index contributed by atoms with van der Waals surface area (Å²) in [7, 11) is 0. The number of hydrogen-bond donors (Lipinski definition) is 0. The van der Waals surface area contributed by atoms with E-state index in [1.165, 1.54) is 0 Å². The Kier molecular flexibility index (Phi) is 5.36. The van der Waals surface area contributed by atoms with E-state index in [9.17, 15) is 4.79 Å². The number of esters is 1. The number of hydrogen-bond acceptors (Lipinski definition) is 5. The first-order chi connectivity index (χ1) is 8.84. The Morgan fingerprint density at radius 3 is 2.83 bits per heavy atom. The number of para-hydroxylation sites is 1. The molecule has 98 valence electrons. The smallest absolute Gasteiger partial charge is 0.320 e. The Morgan fingerprint density at radius 2 is 2.11 bits per heavy atom. The van der Waals surface area contributed by atoms with Crippen LogP contribution in [0.4, 0.5) is 0 Å². The Hall–Kier alpha value is -1.20. The molecule has 0 amide bonds. The second-order valence-corrected chi connectivity index (χ2v) is 5.05. The van der Waals surface area contributed by atoms with Gasteiger partial charge in [0.1, 0.15) is 19.0 Å². The molecule has 4 nitrogen and oxygen atoms in total. The summed E-state index contributed by atoms with van der Waals surface area (Å²) in [5.41, 5.74) is 0. The van der Waals surface area contributed by atoms with Crippen LogP contribution in [-0.2, 0) is 9.53 Å². The highest BCUT2D eigenvalue weighted by Gasteiger charge is 2.15. The van der Waals surface area contributed by atoms with E-state index in [4.69, 9.17) is 9.47 Å².